The summed E-state index contributed by atoms with van der Waals surface area (Å²) in [7, 11) is 0. The normalized spacial score (nSPS) is 12.4. The summed E-state index contributed by atoms with van der Waals surface area (Å²) in [6, 6.07) is 37.5. The number of hydrogen-bond acceptors (Lipinski definition) is 2. The molecule has 0 aliphatic heterocycles. The van der Waals surface area contributed by atoms with Crippen LogP contribution in [0, 0.1) is 13.8 Å². The predicted octanol–water partition coefficient (Wildman–Crippen LogP) is 6.42. The lowest BCUT2D eigenvalue weighted by atomic mass is 9.77. The van der Waals surface area contributed by atoms with E-state index in [9.17, 15) is 5.11 Å². The zero-order valence-electron chi connectivity index (χ0n) is 19.5. The molecule has 0 bridgehead atoms. The van der Waals surface area contributed by atoms with Crippen LogP contribution in [0.3, 0.4) is 0 Å². The van der Waals surface area contributed by atoms with Crippen molar-refractivity contribution in [3.8, 4) is 0 Å². The zero-order valence-corrected chi connectivity index (χ0v) is 19.5. The van der Waals surface area contributed by atoms with E-state index in [1.54, 1.807) is 0 Å². The Morgan fingerprint density at radius 3 is 1.65 bits per heavy atom. The Balaban J connectivity index is 1.72. The van der Waals surface area contributed by atoms with E-state index in [-0.39, 0.29) is 0 Å². The highest BCUT2D eigenvalue weighted by atomic mass is 16.3. The molecular formula is C31H28N2O. The number of aliphatic hydroxyl groups excluding tert-OH is 1. The molecule has 1 atom stereocenters. The number of aliphatic hydroxyl groups is 1. The van der Waals surface area contributed by atoms with E-state index < -0.39 is 11.6 Å². The van der Waals surface area contributed by atoms with Crippen molar-refractivity contribution in [2.45, 2.75) is 25.5 Å². The maximum absolute atomic E-state index is 11.2. The molecule has 0 spiro atoms. The van der Waals surface area contributed by atoms with Gasteiger partial charge in [0, 0.05) is 6.20 Å². The molecule has 3 nitrogen and oxygen atoms in total. The molecule has 34 heavy (non-hydrogen) atoms. The smallest absolute Gasteiger partial charge is 0.123 e. The third-order valence-corrected chi connectivity index (χ3v) is 6.69. The molecule has 3 heteroatoms. The lowest BCUT2D eigenvalue weighted by Gasteiger charge is -2.37. The minimum Gasteiger partial charge on any atom is -0.382 e. The van der Waals surface area contributed by atoms with Crippen LogP contribution in [0.2, 0.25) is 0 Å². The van der Waals surface area contributed by atoms with Gasteiger partial charge in [-0.15, -0.1) is 0 Å². The van der Waals surface area contributed by atoms with Gasteiger partial charge in [-0.3, -0.25) is 0 Å². The van der Waals surface area contributed by atoms with Gasteiger partial charge < -0.3 is 9.67 Å². The first-order valence-electron chi connectivity index (χ1n) is 11.6. The van der Waals surface area contributed by atoms with Gasteiger partial charge in [0.2, 0.25) is 0 Å². The summed E-state index contributed by atoms with van der Waals surface area (Å²) in [6.07, 6.45) is 3.01. The van der Waals surface area contributed by atoms with Crippen LogP contribution in [0.25, 0.3) is 0 Å². The summed E-state index contributed by atoms with van der Waals surface area (Å²) >= 11 is 0. The summed E-state index contributed by atoms with van der Waals surface area (Å²) < 4.78 is 2.13. The minimum atomic E-state index is -0.805. The van der Waals surface area contributed by atoms with Crippen molar-refractivity contribution < 1.29 is 5.11 Å². The first kappa shape index (κ1) is 21.9. The van der Waals surface area contributed by atoms with Crippen LogP contribution in [0.1, 0.15) is 45.2 Å². The molecule has 1 N–H and O–H groups in total. The second-order valence-electron chi connectivity index (χ2n) is 8.76. The van der Waals surface area contributed by atoms with Gasteiger partial charge in [-0.05, 0) is 47.2 Å². The number of rotatable bonds is 6. The van der Waals surface area contributed by atoms with Crippen LogP contribution >= 0.6 is 0 Å². The van der Waals surface area contributed by atoms with Crippen molar-refractivity contribution in [3.05, 3.63) is 161 Å². The fraction of sp³-hybridized carbons (Fsp3) is 0.129. The van der Waals surface area contributed by atoms with E-state index in [0.29, 0.717) is 5.69 Å². The highest BCUT2D eigenvalue weighted by molar-refractivity contribution is 5.51. The summed E-state index contributed by atoms with van der Waals surface area (Å²) in [5.41, 5.74) is 6.55. The Morgan fingerprint density at radius 1 is 0.676 bits per heavy atom. The number of aryl methyl sites for hydroxylation is 2. The van der Waals surface area contributed by atoms with Crippen molar-refractivity contribution in [1.82, 2.24) is 9.55 Å². The molecule has 0 saturated heterocycles. The largest absolute Gasteiger partial charge is 0.382 e. The highest BCUT2D eigenvalue weighted by Crippen LogP contribution is 2.41. The topological polar surface area (TPSA) is 38.0 Å². The van der Waals surface area contributed by atoms with E-state index in [2.05, 4.69) is 91.2 Å². The number of aromatic nitrogens is 2. The highest BCUT2D eigenvalue weighted by Gasteiger charge is 2.38. The average molecular weight is 445 g/mol. The van der Waals surface area contributed by atoms with Crippen molar-refractivity contribution in [1.29, 1.82) is 0 Å². The van der Waals surface area contributed by atoms with E-state index in [1.807, 2.05) is 48.9 Å². The molecule has 0 aliphatic carbocycles. The van der Waals surface area contributed by atoms with Crippen LogP contribution in [-0.2, 0) is 5.54 Å². The Labute approximate surface area is 201 Å². The van der Waals surface area contributed by atoms with E-state index in [1.165, 1.54) is 5.56 Å². The fourth-order valence-corrected chi connectivity index (χ4v) is 4.75. The summed E-state index contributed by atoms with van der Waals surface area (Å²) in [4.78, 5) is 4.70. The molecule has 5 rings (SSSR count). The van der Waals surface area contributed by atoms with Crippen molar-refractivity contribution >= 4 is 0 Å². The molecule has 1 heterocycles. The maximum atomic E-state index is 11.2. The third kappa shape index (κ3) is 3.74. The van der Waals surface area contributed by atoms with Gasteiger partial charge in [-0.1, -0.05) is 109 Å². The number of benzene rings is 4. The second kappa shape index (κ2) is 9.12. The molecule has 0 amide bonds. The van der Waals surface area contributed by atoms with Crippen molar-refractivity contribution in [2.75, 3.05) is 0 Å². The first-order valence-corrected chi connectivity index (χ1v) is 11.6. The monoisotopic (exact) mass is 444 g/mol. The summed E-state index contributed by atoms with van der Waals surface area (Å²) in [6.45, 7) is 4.14. The maximum Gasteiger partial charge on any atom is 0.123 e. The molecule has 1 unspecified atom stereocenters. The van der Waals surface area contributed by atoms with Crippen molar-refractivity contribution in [2.24, 2.45) is 0 Å². The number of imidazole rings is 1. The van der Waals surface area contributed by atoms with Gasteiger partial charge in [-0.25, -0.2) is 4.98 Å². The quantitative estimate of drug-likeness (QED) is 0.307. The van der Waals surface area contributed by atoms with E-state index >= 15 is 0 Å². The van der Waals surface area contributed by atoms with Gasteiger partial charge in [0.1, 0.15) is 11.6 Å². The zero-order chi connectivity index (χ0) is 23.5. The summed E-state index contributed by atoms with van der Waals surface area (Å²) in [5, 5.41) is 11.2. The molecular weight excluding hydrogens is 416 g/mol. The SMILES string of the molecule is Cc1ccc(C(O)c2cn(C(c3ccccc3)(c3ccccc3)c3ccccc3)cn2)cc1C. The van der Waals surface area contributed by atoms with Gasteiger partial charge in [-0.2, -0.15) is 0 Å². The Morgan fingerprint density at radius 2 is 1.18 bits per heavy atom. The molecule has 0 radical (unpaired) electrons. The number of hydrogen-bond donors (Lipinski definition) is 1. The number of nitrogens with zero attached hydrogens (tertiary/aromatic N) is 2. The molecule has 0 aliphatic rings. The Hall–Kier alpha value is -3.95. The van der Waals surface area contributed by atoms with E-state index in [0.717, 1.165) is 27.8 Å². The lowest BCUT2D eigenvalue weighted by molar-refractivity contribution is 0.215. The predicted molar refractivity (Wildman–Crippen MR) is 137 cm³/mol. The molecule has 0 fully saturated rings. The van der Waals surface area contributed by atoms with Crippen LogP contribution in [-0.4, -0.2) is 14.7 Å². The average Bonchev–Trinajstić information content (AvgIpc) is 3.38. The van der Waals surface area contributed by atoms with Gasteiger partial charge >= 0.3 is 0 Å². The second-order valence-corrected chi connectivity index (χ2v) is 8.76. The standard InChI is InChI=1S/C31H28N2O/c1-23-18-19-25(20-24(23)2)30(34)29-21-33(22-32-29)31(26-12-6-3-7-13-26,27-14-8-4-9-15-27)28-16-10-5-11-17-28/h3-22,30,34H,1-2H3. The Kier molecular flexibility index (Phi) is 5.87. The van der Waals surface area contributed by atoms with Gasteiger partial charge in [0.05, 0.1) is 12.0 Å². The lowest BCUT2D eigenvalue weighted by Crippen LogP contribution is -2.37. The first-order chi connectivity index (χ1) is 16.6. The minimum absolute atomic E-state index is 0.621. The molecule has 5 aromatic rings. The van der Waals surface area contributed by atoms with Gasteiger partial charge in [0.25, 0.3) is 0 Å². The van der Waals surface area contributed by atoms with Crippen LogP contribution in [0.5, 0.6) is 0 Å². The van der Waals surface area contributed by atoms with Crippen LogP contribution in [0.15, 0.2) is 122 Å². The fourth-order valence-electron chi connectivity index (χ4n) is 4.75. The van der Waals surface area contributed by atoms with Gasteiger partial charge in [0.15, 0.2) is 0 Å². The van der Waals surface area contributed by atoms with E-state index in [4.69, 9.17) is 4.98 Å². The van der Waals surface area contributed by atoms with Crippen LogP contribution < -0.4 is 0 Å². The van der Waals surface area contributed by atoms with Crippen molar-refractivity contribution in [3.63, 3.8) is 0 Å². The third-order valence-electron chi connectivity index (χ3n) is 6.69. The molecule has 168 valence electrons. The summed E-state index contributed by atoms with van der Waals surface area (Å²) in [5.74, 6) is 0. The Bertz CT molecular complexity index is 1280. The molecule has 1 aromatic heterocycles. The molecule has 0 saturated carbocycles. The molecule has 4 aromatic carbocycles. The van der Waals surface area contributed by atoms with Crippen LogP contribution in [0.4, 0.5) is 0 Å².